The fourth-order valence-corrected chi connectivity index (χ4v) is 1.89. The van der Waals surface area contributed by atoms with Crippen molar-refractivity contribution in [1.29, 1.82) is 0 Å². The van der Waals surface area contributed by atoms with E-state index < -0.39 is 0 Å². The molecule has 0 aliphatic carbocycles. The summed E-state index contributed by atoms with van der Waals surface area (Å²) in [5.41, 5.74) is 7.75. The molecule has 0 aromatic heterocycles. The summed E-state index contributed by atoms with van der Waals surface area (Å²) in [6.07, 6.45) is 0.544. The van der Waals surface area contributed by atoms with Gasteiger partial charge in [0.2, 0.25) is 0 Å². The quantitative estimate of drug-likeness (QED) is 0.817. The number of aliphatic hydroxyl groups is 1. The monoisotopic (exact) mass is 286 g/mol. The van der Waals surface area contributed by atoms with Gasteiger partial charge in [-0.05, 0) is 48.0 Å². The topological polar surface area (TPSA) is 49.5 Å². The van der Waals surface area contributed by atoms with E-state index in [0.29, 0.717) is 0 Å². The number of anilines is 1. The third kappa shape index (κ3) is 4.12. The van der Waals surface area contributed by atoms with E-state index >= 15 is 0 Å². The van der Waals surface area contributed by atoms with Gasteiger partial charge in [0, 0.05) is 23.2 Å². The van der Waals surface area contributed by atoms with Gasteiger partial charge in [-0.15, -0.1) is 0 Å². The molecule has 1 aromatic carbocycles. The van der Waals surface area contributed by atoms with Gasteiger partial charge in [0.15, 0.2) is 0 Å². The number of halogens is 1. The van der Waals surface area contributed by atoms with Crippen molar-refractivity contribution in [3.8, 4) is 0 Å². The van der Waals surface area contributed by atoms with Crippen molar-refractivity contribution >= 4 is 21.6 Å². The van der Waals surface area contributed by atoms with Gasteiger partial charge in [-0.2, -0.15) is 0 Å². The molecule has 0 heterocycles. The van der Waals surface area contributed by atoms with Crippen molar-refractivity contribution in [3.63, 3.8) is 0 Å². The zero-order chi connectivity index (χ0) is 12.1. The molecule has 0 aliphatic rings. The average Bonchev–Trinajstić information content (AvgIpc) is 2.22. The third-order valence-corrected chi connectivity index (χ3v) is 3.44. The number of nitrogen functional groups attached to an aromatic ring is 1. The van der Waals surface area contributed by atoms with E-state index in [0.717, 1.165) is 29.7 Å². The van der Waals surface area contributed by atoms with Crippen LogP contribution in [0, 0.1) is 0 Å². The van der Waals surface area contributed by atoms with Crippen LogP contribution >= 0.6 is 15.9 Å². The van der Waals surface area contributed by atoms with Gasteiger partial charge in [-0.1, -0.05) is 12.1 Å². The van der Waals surface area contributed by atoms with Gasteiger partial charge in [0.05, 0.1) is 6.10 Å². The van der Waals surface area contributed by atoms with Gasteiger partial charge in [0.1, 0.15) is 0 Å². The fourth-order valence-electron chi connectivity index (χ4n) is 1.50. The Morgan fingerprint density at radius 3 is 2.81 bits per heavy atom. The van der Waals surface area contributed by atoms with Crippen LogP contribution in [0.15, 0.2) is 22.7 Å². The second-order valence-corrected chi connectivity index (χ2v) is 4.99. The van der Waals surface area contributed by atoms with Crippen molar-refractivity contribution in [2.24, 2.45) is 0 Å². The minimum atomic E-state index is -0.244. The predicted octanol–water partition coefficient (Wildman–Crippen LogP) is 2.23. The zero-order valence-electron chi connectivity index (χ0n) is 9.78. The fraction of sp³-hybridized carbons (Fsp3) is 0.500. The first kappa shape index (κ1) is 13.5. The average molecular weight is 287 g/mol. The molecule has 0 spiro atoms. The molecular formula is C12H19BrN2O. The number of hydrogen-bond donors (Lipinski definition) is 2. The highest BCUT2D eigenvalue weighted by molar-refractivity contribution is 9.10. The number of aliphatic hydroxyl groups excluding tert-OH is 1. The van der Waals surface area contributed by atoms with Gasteiger partial charge < -0.3 is 15.7 Å². The van der Waals surface area contributed by atoms with E-state index in [9.17, 15) is 5.11 Å². The van der Waals surface area contributed by atoms with Crippen LogP contribution in [0.1, 0.15) is 18.9 Å². The first-order valence-corrected chi connectivity index (χ1v) is 6.19. The van der Waals surface area contributed by atoms with Crippen LogP contribution < -0.4 is 5.73 Å². The third-order valence-electron chi connectivity index (χ3n) is 2.48. The molecule has 0 amide bonds. The van der Waals surface area contributed by atoms with Crippen molar-refractivity contribution < 1.29 is 5.11 Å². The molecule has 0 saturated carbocycles. The van der Waals surface area contributed by atoms with Crippen molar-refractivity contribution in [2.75, 3.05) is 19.3 Å². The molecule has 3 N–H and O–H groups in total. The molecule has 4 heteroatoms. The molecule has 0 bridgehead atoms. The maximum atomic E-state index is 9.21. The van der Waals surface area contributed by atoms with E-state index in [2.05, 4.69) is 26.9 Å². The maximum absolute atomic E-state index is 9.21. The normalized spacial score (nSPS) is 13.1. The van der Waals surface area contributed by atoms with Crippen LogP contribution in [0.5, 0.6) is 0 Å². The Morgan fingerprint density at radius 1 is 1.50 bits per heavy atom. The first-order valence-electron chi connectivity index (χ1n) is 5.40. The van der Waals surface area contributed by atoms with E-state index in [1.165, 1.54) is 5.56 Å². The summed E-state index contributed by atoms with van der Waals surface area (Å²) >= 11 is 3.49. The number of rotatable bonds is 5. The van der Waals surface area contributed by atoms with Crippen LogP contribution in [0.3, 0.4) is 0 Å². The minimum absolute atomic E-state index is 0.244. The second-order valence-electron chi connectivity index (χ2n) is 4.20. The van der Waals surface area contributed by atoms with E-state index in [-0.39, 0.29) is 6.10 Å². The Morgan fingerprint density at radius 2 is 2.19 bits per heavy atom. The second kappa shape index (κ2) is 6.23. The molecule has 90 valence electrons. The Bertz CT molecular complexity index is 342. The summed E-state index contributed by atoms with van der Waals surface area (Å²) in [7, 11) is 2.04. The number of benzene rings is 1. The van der Waals surface area contributed by atoms with Crippen LogP contribution in [-0.2, 0) is 6.54 Å². The molecule has 3 nitrogen and oxygen atoms in total. The highest BCUT2D eigenvalue weighted by Gasteiger charge is 2.07. The van der Waals surface area contributed by atoms with Gasteiger partial charge >= 0.3 is 0 Å². The summed E-state index contributed by atoms with van der Waals surface area (Å²) in [5.74, 6) is 0. The lowest BCUT2D eigenvalue weighted by Crippen LogP contribution is -2.22. The molecule has 1 aromatic rings. The Kier molecular flexibility index (Phi) is 5.25. The molecule has 0 aliphatic heterocycles. The summed E-state index contributed by atoms with van der Waals surface area (Å²) < 4.78 is 0.971. The predicted molar refractivity (Wildman–Crippen MR) is 71.2 cm³/mol. The molecule has 0 fully saturated rings. The standard InChI is InChI=1S/C12H19BrN2O/c1-9(16)6-7-15(2)8-10-4-3-5-11(14)12(10)13/h3-5,9,16H,6-8,14H2,1-2H3. The van der Waals surface area contributed by atoms with Crippen LogP contribution in [-0.4, -0.2) is 29.7 Å². The molecule has 0 saturated heterocycles. The van der Waals surface area contributed by atoms with Gasteiger partial charge in [0.25, 0.3) is 0 Å². The smallest absolute Gasteiger partial charge is 0.0524 e. The molecule has 1 atom stereocenters. The van der Waals surface area contributed by atoms with Crippen LogP contribution in [0.25, 0.3) is 0 Å². The van der Waals surface area contributed by atoms with Crippen LogP contribution in [0.2, 0.25) is 0 Å². The Labute approximate surface area is 105 Å². The minimum Gasteiger partial charge on any atom is -0.398 e. The van der Waals surface area contributed by atoms with Crippen LogP contribution in [0.4, 0.5) is 5.69 Å². The van der Waals surface area contributed by atoms with Gasteiger partial charge in [-0.3, -0.25) is 0 Å². The highest BCUT2D eigenvalue weighted by atomic mass is 79.9. The number of nitrogens with zero attached hydrogens (tertiary/aromatic N) is 1. The number of hydrogen-bond acceptors (Lipinski definition) is 3. The summed E-state index contributed by atoms with van der Waals surface area (Å²) in [6.45, 7) is 3.52. The van der Waals surface area contributed by atoms with E-state index in [1.54, 1.807) is 0 Å². The molecule has 1 unspecified atom stereocenters. The van der Waals surface area contributed by atoms with E-state index in [1.807, 2.05) is 26.1 Å². The lowest BCUT2D eigenvalue weighted by atomic mass is 10.2. The van der Waals surface area contributed by atoms with E-state index in [4.69, 9.17) is 5.73 Å². The van der Waals surface area contributed by atoms with Crippen molar-refractivity contribution in [1.82, 2.24) is 4.90 Å². The largest absolute Gasteiger partial charge is 0.398 e. The van der Waals surface area contributed by atoms with Gasteiger partial charge in [-0.25, -0.2) is 0 Å². The highest BCUT2D eigenvalue weighted by Crippen LogP contribution is 2.24. The molecular weight excluding hydrogens is 268 g/mol. The molecule has 16 heavy (non-hydrogen) atoms. The number of nitrogens with two attached hydrogens (primary N) is 1. The lowest BCUT2D eigenvalue weighted by Gasteiger charge is -2.18. The Balaban J connectivity index is 2.56. The molecule has 0 radical (unpaired) electrons. The summed E-state index contributed by atoms with van der Waals surface area (Å²) in [5, 5.41) is 9.21. The zero-order valence-corrected chi connectivity index (χ0v) is 11.4. The van der Waals surface area contributed by atoms with Crippen molar-refractivity contribution in [2.45, 2.75) is 26.0 Å². The summed E-state index contributed by atoms with van der Waals surface area (Å²) in [6, 6.07) is 5.89. The SMILES string of the molecule is CC(O)CCN(C)Cc1cccc(N)c1Br. The lowest BCUT2D eigenvalue weighted by molar-refractivity contribution is 0.163. The maximum Gasteiger partial charge on any atom is 0.0524 e. The van der Waals surface area contributed by atoms with Crippen molar-refractivity contribution in [3.05, 3.63) is 28.2 Å². The summed E-state index contributed by atoms with van der Waals surface area (Å²) in [4.78, 5) is 2.17. The Hall–Kier alpha value is -0.580. The first-order chi connectivity index (χ1) is 7.50. The molecule has 1 rings (SSSR count).